The molecule has 5 rings (SSSR count). The van der Waals surface area contributed by atoms with E-state index in [-0.39, 0.29) is 11.4 Å². The Labute approximate surface area is 214 Å². The number of fused-ring (bicyclic) bond motifs is 1. The van der Waals surface area contributed by atoms with Gasteiger partial charge in [0.1, 0.15) is 6.54 Å². The second-order valence-corrected chi connectivity index (χ2v) is 10.2. The maximum absolute atomic E-state index is 13.6. The van der Waals surface area contributed by atoms with Crippen molar-refractivity contribution in [3.8, 4) is 28.1 Å². The van der Waals surface area contributed by atoms with Crippen LogP contribution in [0.3, 0.4) is 0 Å². The number of nitrogens with zero attached hydrogens (tertiary/aromatic N) is 3. The molecule has 0 bridgehead atoms. The third-order valence-corrected chi connectivity index (χ3v) is 7.23. The molecule has 0 fully saturated rings. The number of aromatic hydroxyl groups is 1. The Bertz CT molecular complexity index is 1720. The minimum Gasteiger partial charge on any atom is -0.477 e. The summed E-state index contributed by atoms with van der Waals surface area (Å²) in [5, 5.41) is 12.4. The van der Waals surface area contributed by atoms with Crippen molar-refractivity contribution in [2.24, 2.45) is 0 Å². The zero-order valence-electron chi connectivity index (χ0n) is 20.3. The van der Waals surface area contributed by atoms with Gasteiger partial charge in [-0.1, -0.05) is 24.3 Å². The van der Waals surface area contributed by atoms with Crippen LogP contribution in [0.4, 0.5) is 13.2 Å². The number of hydrogen-bond acceptors (Lipinski definition) is 4. The molecule has 0 atom stereocenters. The fraction of sp³-hybridized carbons (Fsp3) is 0.179. The minimum absolute atomic E-state index is 0.107. The Hall–Kier alpha value is -3.98. The average Bonchev–Trinajstić information content (AvgIpc) is 3.26. The van der Waals surface area contributed by atoms with Crippen LogP contribution in [0.5, 0.6) is 5.88 Å². The average molecular weight is 523 g/mol. The van der Waals surface area contributed by atoms with Gasteiger partial charge in [0, 0.05) is 11.8 Å². The molecule has 3 heterocycles. The summed E-state index contributed by atoms with van der Waals surface area (Å²) in [6.07, 6.45) is -1.02. The summed E-state index contributed by atoms with van der Waals surface area (Å²) in [7, 11) is 0. The topological polar surface area (TPSA) is 58.5 Å². The molecule has 0 aliphatic rings. The molecule has 0 amide bonds. The van der Waals surface area contributed by atoms with Gasteiger partial charge >= 0.3 is 11.7 Å². The van der Waals surface area contributed by atoms with E-state index in [0.29, 0.717) is 34.4 Å². The summed E-state index contributed by atoms with van der Waals surface area (Å²) in [5.41, 5.74) is 2.55. The van der Waals surface area contributed by atoms with Gasteiger partial charge in [-0.15, -0.1) is 11.3 Å². The summed E-state index contributed by atoms with van der Waals surface area (Å²) < 4.78 is 42.7. The van der Waals surface area contributed by atoms with Crippen molar-refractivity contribution in [1.29, 1.82) is 0 Å². The zero-order valence-corrected chi connectivity index (χ0v) is 21.1. The molecular weight excluding hydrogens is 499 g/mol. The molecule has 0 unspecified atom stereocenters. The lowest BCUT2D eigenvalue weighted by molar-refractivity contribution is -0.671. The second kappa shape index (κ2) is 9.15. The molecule has 0 radical (unpaired) electrons. The van der Waals surface area contributed by atoms with E-state index in [2.05, 4.69) is 4.98 Å². The van der Waals surface area contributed by atoms with E-state index in [0.717, 1.165) is 27.6 Å². The number of halogens is 3. The number of alkyl halides is 3. The fourth-order valence-electron chi connectivity index (χ4n) is 4.61. The van der Waals surface area contributed by atoms with E-state index < -0.39 is 17.3 Å². The van der Waals surface area contributed by atoms with Crippen LogP contribution in [0.25, 0.3) is 27.9 Å². The van der Waals surface area contributed by atoms with Crippen LogP contribution in [0, 0.1) is 20.8 Å². The molecule has 1 N–H and O–H groups in total. The Morgan fingerprint density at radius 3 is 2.43 bits per heavy atom. The highest BCUT2D eigenvalue weighted by atomic mass is 32.1. The lowest BCUT2D eigenvalue weighted by Gasteiger charge is -2.13. The third-order valence-electron chi connectivity index (χ3n) is 6.33. The quantitative estimate of drug-likeness (QED) is 0.291. The lowest BCUT2D eigenvalue weighted by Crippen LogP contribution is -2.41. The first kappa shape index (κ1) is 24.7. The first-order chi connectivity index (χ1) is 17.5. The third kappa shape index (κ3) is 4.51. The highest BCUT2D eigenvalue weighted by Gasteiger charge is 2.31. The molecular formula is C28H23F3N3O2S+. The maximum Gasteiger partial charge on any atom is 0.416 e. The van der Waals surface area contributed by atoms with Gasteiger partial charge in [-0.2, -0.15) is 22.1 Å². The van der Waals surface area contributed by atoms with Gasteiger partial charge < -0.3 is 5.11 Å². The van der Waals surface area contributed by atoms with Crippen LogP contribution >= 0.6 is 11.3 Å². The van der Waals surface area contributed by atoms with Crippen LogP contribution in [0.1, 0.15) is 26.6 Å². The number of benzene rings is 2. The molecule has 9 heteroatoms. The van der Waals surface area contributed by atoms with Crippen molar-refractivity contribution in [2.75, 3.05) is 0 Å². The van der Waals surface area contributed by atoms with Gasteiger partial charge in [0.25, 0.3) is 11.5 Å². The van der Waals surface area contributed by atoms with Crippen molar-refractivity contribution in [3.63, 3.8) is 0 Å². The van der Waals surface area contributed by atoms with Crippen LogP contribution in [-0.4, -0.2) is 14.5 Å². The van der Waals surface area contributed by atoms with Crippen molar-refractivity contribution in [1.82, 2.24) is 9.38 Å². The Balaban J connectivity index is 1.70. The molecule has 0 spiro atoms. The maximum atomic E-state index is 13.6. The summed E-state index contributed by atoms with van der Waals surface area (Å²) in [4.78, 5) is 18.9. The van der Waals surface area contributed by atoms with Crippen LogP contribution in [0.15, 0.2) is 71.8 Å². The normalized spacial score (nSPS) is 11.8. The summed E-state index contributed by atoms with van der Waals surface area (Å²) in [6, 6.07) is 14.2. The largest absolute Gasteiger partial charge is 0.477 e. The SMILES string of the molecule is Cc1ncc(C[n+]2c(O)c(-c3cccc(-c4ccc(C(F)(F)F)cc4C)c3)c(=O)n3cccc(C)c32)s1. The molecule has 0 saturated carbocycles. The Morgan fingerprint density at radius 1 is 1.00 bits per heavy atom. The number of aryl methyl sites for hydroxylation is 3. The van der Waals surface area contributed by atoms with E-state index in [1.165, 1.54) is 21.8 Å². The predicted molar refractivity (Wildman–Crippen MR) is 137 cm³/mol. The highest BCUT2D eigenvalue weighted by Crippen LogP contribution is 2.35. The van der Waals surface area contributed by atoms with Crippen LogP contribution in [-0.2, 0) is 12.7 Å². The fourth-order valence-corrected chi connectivity index (χ4v) is 5.39. The molecule has 5 aromatic rings. The van der Waals surface area contributed by atoms with E-state index in [1.807, 2.05) is 19.9 Å². The monoisotopic (exact) mass is 522 g/mol. The molecule has 0 aliphatic carbocycles. The molecule has 0 aliphatic heterocycles. The molecule has 2 aromatic carbocycles. The smallest absolute Gasteiger partial charge is 0.416 e. The van der Waals surface area contributed by atoms with Gasteiger partial charge in [-0.05, 0) is 73.4 Å². The lowest BCUT2D eigenvalue weighted by atomic mass is 9.95. The number of pyridine rings is 1. The highest BCUT2D eigenvalue weighted by molar-refractivity contribution is 7.11. The van der Waals surface area contributed by atoms with Crippen LogP contribution < -0.4 is 10.1 Å². The number of aromatic nitrogens is 3. The van der Waals surface area contributed by atoms with Gasteiger partial charge in [0.2, 0.25) is 0 Å². The van der Waals surface area contributed by atoms with Gasteiger partial charge in [0.05, 0.1) is 21.6 Å². The molecule has 3 aromatic heterocycles. The van der Waals surface area contributed by atoms with Gasteiger partial charge in [-0.25, -0.2) is 9.78 Å². The standard InChI is InChI=1S/C28H22F3N3O2S/c1-16-6-5-11-33-25(16)34(15-22-14-32-18(3)37-22)27(36)24(26(33)35)20-8-4-7-19(13-20)23-10-9-21(12-17(23)2)28(29,30)31/h4-14H,15H2,1-3H3/p+1. The van der Waals surface area contributed by atoms with E-state index in [4.69, 9.17) is 0 Å². The second-order valence-electron chi connectivity index (χ2n) is 8.93. The van der Waals surface area contributed by atoms with E-state index in [1.54, 1.807) is 54.2 Å². The van der Waals surface area contributed by atoms with Crippen molar-refractivity contribution < 1.29 is 22.8 Å². The summed E-state index contributed by atoms with van der Waals surface area (Å²) in [5.74, 6) is -0.188. The van der Waals surface area contributed by atoms with Crippen LogP contribution in [0.2, 0.25) is 0 Å². The van der Waals surface area contributed by atoms with Gasteiger partial charge in [-0.3, -0.25) is 0 Å². The molecule has 188 valence electrons. The number of hydrogen-bond donors (Lipinski definition) is 1. The van der Waals surface area contributed by atoms with E-state index >= 15 is 0 Å². The van der Waals surface area contributed by atoms with E-state index in [9.17, 15) is 23.1 Å². The Morgan fingerprint density at radius 2 is 1.76 bits per heavy atom. The molecule has 5 nitrogen and oxygen atoms in total. The van der Waals surface area contributed by atoms with Crippen molar-refractivity contribution in [2.45, 2.75) is 33.5 Å². The number of thiazole rings is 1. The van der Waals surface area contributed by atoms with Crippen molar-refractivity contribution >= 4 is 17.0 Å². The molecule has 0 saturated heterocycles. The summed E-state index contributed by atoms with van der Waals surface area (Å²) in [6.45, 7) is 5.71. The predicted octanol–water partition coefficient (Wildman–Crippen LogP) is 6.08. The minimum atomic E-state index is -4.43. The molecule has 37 heavy (non-hydrogen) atoms. The first-order valence-corrected chi connectivity index (χ1v) is 12.3. The summed E-state index contributed by atoms with van der Waals surface area (Å²) >= 11 is 1.51. The zero-order chi connectivity index (χ0) is 26.5. The Kier molecular flexibility index (Phi) is 6.11. The number of rotatable bonds is 4. The first-order valence-electron chi connectivity index (χ1n) is 11.5. The van der Waals surface area contributed by atoms with Gasteiger partial charge in [0.15, 0.2) is 5.56 Å². The van der Waals surface area contributed by atoms with Crippen molar-refractivity contribution in [3.05, 3.63) is 104 Å².